The number of hydrogen-bond acceptors (Lipinski definition) is 3. The number of rotatable bonds is 2. The molecule has 0 unspecified atom stereocenters. The SMILES string of the molecule is Nc1cccc(-c2ccc(C(=O)N3CCOCC3)cc2)c1. The zero-order valence-corrected chi connectivity index (χ0v) is 11.8. The zero-order valence-electron chi connectivity index (χ0n) is 11.8. The summed E-state index contributed by atoms with van der Waals surface area (Å²) < 4.78 is 5.27. The molecule has 21 heavy (non-hydrogen) atoms. The van der Waals surface area contributed by atoms with Crippen molar-refractivity contribution in [1.82, 2.24) is 4.90 Å². The predicted octanol–water partition coefficient (Wildman–Crippen LogP) is 2.41. The summed E-state index contributed by atoms with van der Waals surface area (Å²) in [5, 5.41) is 0. The van der Waals surface area contributed by atoms with Gasteiger partial charge in [0.05, 0.1) is 13.2 Å². The van der Waals surface area contributed by atoms with Crippen LogP contribution >= 0.6 is 0 Å². The second-order valence-corrected chi connectivity index (χ2v) is 5.11. The lowest BCUT2D eigenvalue weighted by Gasteiger charge is -2.26. The third-order valence-electron chi connectivity index (χ3n) is 3.65. The van der Waals surface area contributed by atoms with E-state index in [0.29, 0.717) is 31.9 Å². The van der Waals surface area contributed by atoms with Crippen LogP contribution in [0.25, 0.3) is 11.1 Å². The normalized spacial score (nSPS) is 15.0. The standard InChI is InChI=1S/C17H18N2O2/c18-16-3-1-2-15(12-16)13-4-6-14(7-5-13)17(20)19-8-10-21-11-9-19/h1-7,12H,8-11,18H2. The number of nitrogens with two attached hydrogens (primary N) is 1. The summed E-state index contributed by atoms with van der Waals surface area (Å²) in [7, 11) is 0. The summed E-state index contributed by atoms with van der Waals surface area (Å²) in [4.78, 5) is 14.2. The number of nitrogens with zero attached hydrogens (tertiary/aromatic N) is 1. The Morgan fingerprint density at radius 1 is 1.00 bits per heavy atom. The number of ether oxygens (including phenoxy) is 1. The molecule has 2 aromatic rings. The summed E-state index contributed by atoms with van der Waals surface area (Å²) >= 11 is 0. The van der Waals surface area contributed by atoms with Crippen molar-refractivity contribution >= 4 is 11.6 Å². The Morgan fingerprint density at radius 3 is 2.38 bits per heavy atom. The lowest BCUT2D eigenvalue weighted by molar-refractivity contribution is 0.0303. The number of benzene rings is 2. The minimum atomic E-state index is 0.0671. The van der Waals surface area contributed by atoms with E-state index in [1.165, 1.54) is 0 Å². The lowest BCUT2D eigenvalue weighted by Crippen LogP contribution is -2.40. The van der Waals surface area contributed by atoms with Crippen molar-refractivity contribution in [3.05, 3.63) is 54.1 Å². The van der Waals surface area contributed by atoms with Gasteiger partial charge in [-0.2, -0.15) is 0 Å². The van der Waals surface area contributed by atoms with Crippen molar-refractivity contribution in [2.24, 2.45) is 0 Å². The Bertz CT molecular complexity index is 631. The first kappa shape index (κ1) is 13.6. The Hall–Kier alpha value is -2.33. The van der Waals surface area contributed by atoms with Gasteiger partial charge in [-0.1, -0.05) is 24.3 Å². The number of nitrogen functional groups attached to an aromatic ring is 1. The molecule has 0 aliphatic carbocycles. The first-order valence-electron chi connectivity index (χ1n) is 7.07. The summed E-state index contributed by atoms with van der Waals surface area (Å²) in [5.74, 6) is 0.0671. The van der Waals surface area contributed by atoms with Crippen molar-refractivity contribution in [1.29, 1.82) is 0 Å². The van der Waals surface area contributed by atoms with Gasteiger partial charge in [-0.15, -0.1) is 0 Å². The molecule has 1 aliphatic heterocycles. The van der Waals surface area contributed by atoms with Crippen molar-refractivity contribution in [2.45, 2.75) is 0 Å². The van der Waals surface area contributed by atoms with Gasteiger partial charge in [0.15, 0.2) is 0 Å². The van der Waals surface area contributed by atoms with Crippen molar-refractivity contribution in [2.75, 3.05) is 32.0 Å². The van der Waals surface area contributed by atoms with Crippen LogP contribution in [0, 0.1) is 0 Å². The van der Waals surface area contributed by atoms with Crippen LogP contribution in [-0.4, -0.2) is 37.1 Å². The van der Waals surface area contributed by atoms with Crippen molar-refractivity contribution in [3.8, 4) is 11.1 Å². The Kier molecular flexibility index (Phi) is 3.88. The Labute approximate surface area is 124 Å². The van der Waals surface area contributed by atoms with Crippen LogP contribution in [-0.2, 0) is 4.74 Å². The number of carbonyl (C=O) groups excluding carboxylic acids is 1. The number of hydrogen-bond donors (Lipinski definition) is 1. The number of morpholine rings is 1. The summed E-state index contributed by atoms with van der Waals surface area (Å²) in [6.45, 7) is 2.56. The summed E-state index contributed by atoms with van der Waals surface area (Å²) in [6.07, 6.45) is 0. The highest BCUT2D eigenvalue weighted by molar-refractivity contribution is 5.94. The predicted molar refractivity (Wildman–Crippen MR) is 83.0 cm³/mol. The summed E-state index contributed by atoms with van der Waals surface area (Å²) in [5.41, 5.74) is 9.36. The highest BCUT2D eigenvalue weighted by Gasteiger charge is 2.18. The molecule has 0 radical (unpaired) electrons. The molecule has 2 N–H and O–H groups in total. The quantitative estimate of drug-likeness (QED) is 0.861. The number of carbonyl (C=O) groups is 1. The van der Waals surface area contributed by atoms with Gasteiger partial charge in [-0.05, 0) is 35.4 Å². The average Bonchev–Trinajstić information content (AvgIpc) is 2.55. The fourth-order valence-corrected chi connectivity index (χ4v) is 2.47. The lowest BCUT2D eigenvalue weighted by atomic mass is 10.0. The van der Waals surface area contributed by atoms with Gasteiger partial charge in [-0.25, -0.2) is 0 Å². The van der Waals surface area contributed by atoms with E-state index in [1.54, 1.807) is 0 Å². The molecule has 1 saturated heterocycles. The summed E-state index contributed by atoms with van der Waals surface area (Å²) in [6, 6.07) is 15.4. The van der Waals surface area contributed by atoms with E-state index < -0.39 is 0 Å². The molecule has 1 aliphatic rings. The minimum Gasteiger partial charge on any atom is -0.399 e. The molecule has 108 valence electrons. The molecule has 1 amide bonds. The largest absolute Gasteiger partial charge is 0.399 e. The fraction of sp³-hybridized carbons (Fsp3) is 0.235. The molecule has 0 bridgehead atoms. The van der Waals surface area contributed by atoms with Crippen LogP contribution in [0.3, 0.4) is 0 Å². The smallest absolute Gasteiger partial charge is 0.254 e. The first-order valence-corrected chi connectivity index (χ1v) is 7.07. The van der Waals surface area contributed by atoms with Crippen molar-refractivity contribution < 1.29 is 9.53 Å². The third-order valence-corrected chi connectivity index (χ3v) is 3.65. The molecule has 0 spiro atoms. The molecular weight excluding hydrogens is 264 g/mol. The highest BCUT2D eigenvalue weighted by atomic mass is 16.5. The van der Waals surface area contributed by atoms with E-state index in [4.69, 9.17) is 10.5 Å². The van der Waals surface area contributed by atoms with Gasteiger partial charge in [0.25, 0.3) is 5.91 Å². The van der Waals surface area contributed by atoms with E-state index in [2.05, 4.69) is 0 Å². The van der Waals surface area contributed by atoms with Crippen LogP contribution < -0.4 is 5.73 Å². The second kappa shape index (κ2) is 5.97. The maximum atomic E-state index is 12.4. The molecule has 2 aromatic carbocycles. The van der Waals surface area contributed by atoms with E-state index in [-0.39, 0.29) is 5.91 Å². The molecule has 4 heteroatoms. The first-order chi connectivity index (χ1) is 10.2. The molecule has 3 rings (SSSR count). The zero-order chi connectivity index (χ0) is 14.7. The molecule has 0 atom stereocenters. The van der Waals surface area contributed by atoms with Crippen LogP contribution in [0.1, 0.15) is 10.4 Å². The topological polar surface area (TPSA) is 55.6 Å². The highest BCUT2D eigenvalue weighted by Crippen LogP contribution is 2.22. The molecular formula is C17H18N2O2. The van der Waals surface area contributed by atoms with E-state index >= 15 is 0 Å². The van der Waals surface area contributed by atoms with E-state index in [0.717, 1.165) is 16.8 Å². The van der Waals surface area contributed by atoms with Crippen molar-refractivity contribution in [3.63, 3.8) is 0 Å². The van der Waals surface area contributed by atoms with Crippen LogP contribution in [0.15, 0.2) is 48.5 Å². The Balaban J connectivity index is 1.79. The molecule has 0 saturated carbocycles. The minimum absolute atomic E-state index is 0.0671. The third kappa shape index (κ3) is 3.06. The molecule has 1 fully saturated rings. The fourth-order valence-electron chi connectivity index (χ4n) is 2.47. The van der Waals surface area contributed by atoms with Gasteiger partial charge in [0.1, 0.15) is 0 Å². The van der Waals surface area contributed by atoms with E-state index in [9.17, 15) is 4.79 Å². The van der Waals surface area contributed by atoms with Gasteiger partial charge >= 0.3 is 0 Å². The molecule has 0 aromatic heterocycles. The van der Waals surface area contributed by atoms with Gasteiger partial charge in [-0.3, -0.25) is 4.79 Å². The second-order valence-electron chi connectivity index (χ2n) is 5.11. The average molecular weight is 282 g/mol. The monoisotopic (exact) mass is 282 g/mol. The van der Waals surface area contributed by atoms with Crippen LogP contribution in [0.2, 0.25) is 0 Å². The van der Waals surface area contributed by atoms with Gasteiger partial charge in [0, 0.05) is 24.3 Å². The molecule has 4 nitrogen and oxygen atoms in total. The number of anilines is 1. The Morgan fingerprint density at radius 2 is 1.71 bits per heavy atom. The maximum absolute atomic E-state index is 12.4. The number of amides is 1. The molecule has 1 heterocycles. The maximum Gasteiger partial charge on any atom is 0.254 e. The van der Waals surface area contributed by atoms with Gasteiger partial charge < -0.3 is 15.4 Å². The van der Waals surface area contributed by atoms with Gasteiger partial charge in [0.2, 0.25) is 0 Å². The van der Waals surface area contributed by atoms with Crippen LogP contribution in [0.5, 0.6) is 0 Å². The van der Waals surface area contributed by atoms with E-state index in [1.807, 2.05) is 53.4 Å². The van der Waals surface area contributed by atoms with Crippen LogP contribution in [0.4, 0.5) is 5.69 Å².